The highest BCUT2D eigenvalue weighted by molar-refractivity contribution is 5.37. The summed E-state index contributed by atoms with van der Waals surface area (Å²) in [6, 6.07) is 25.8. The highest BCUT2D eigenvalue weighted by Gasteiger charge is 2.05. The molecule has 0 unspecified atom stereocenters. The van der Waals surface area contributed by atoms with Gasteiger partial charge in [0.15, 0.2) is 0 Å². The van der Waals surface area contributed by atoms with E-state index in [1.807, 2.05) is 0 Å². The van der Waals surface area contributed by atoms with Gasteiger partial charge in [-0.05, 0) is 47.2 Å². The van der Waals surface area contributed by atoms with E-state index >= 15 is 0 Å². The minimum absolute atomic E-state index is 0.896. The van der Waals surface area contributed by atoms with E-state index in [9.17, 15) is 0 Å². The van der Waals surface area contributed by atoms with Crippen LogP contribution in [0.4, 0.5) is 0 Å². The molecule has 0 heterocycles. The van der Waals surface area contributed by atoms with Crippen LogP contribution in [0.2, 0.25) is 0 Å². The first-order valence-corrected chi connectivity index (χ1v) is 9.30. The summed E-state index contributed by atoms with van der Waals surface area (Å²) in [6.45, 7) is 7.99. The Hall–Kier alpha value is -2.42. The van der Waals surface area contributed by atoms with Crippen molar-refractivity contribution in [2.75, 3.05) is 0 Å². The maximum atomic E-state index is 3.57. The van der Waals surface area contributed by atoms with Crippen molar-refractivity contribution >= 4 is 0 Å². The van der Waals surface area contributed by atoms with Crippen molar-refractivity contribution in [3.8, 4) is 0 Å². The molecule has 0 spiro atoms. The van der Waals surface area contributed by atoms with Crippen molar-refractivity contribution in [3.63, 3.8) is 0 Å². The molecule has 2 heteroatoms. The topological polar surface area (TPSA) is 24.1 Å². The smallest absolute Gasteiger partial charge is 0.0211 e. The van der Waals surface area contributed by atoms with Crippen LogP contribution in [0.5, 0.6) is 0 Å². The zero-order valence-electron chi connectivity index (χ0n) is 15.8. The van der Waals surface area contributed by atoms with Crippen LogP contribution in [-0.4, -0.2) is 0 Å². The van der Waals surface area contributed by atoms with Gasteiger partial charge in [-0.1, -0.05) is 72.8 Å². The molecular weight excluding hydrogens is 316 g/mol. The molecule has 0 fully saturated rings. The van der Waals surface area contributed by atoms with Crippen molar-refractivity contribution in [2.45, 2.75) is 40.0 Å². The summed E-state index contributed by atoms with van der Waals surface area (Å²) in [6.07, 6.45) is 0. The quantitative estimate of drug-likeness (QED) is 0.608. The predicted octanol–water partition coefficient (Wildman–Crippen LogP) is 4.88. The zero-order chi connectivity index (χ0) is 18.2. The summed E-state index contributed by atoms with van der Waals surface area (Å²) in [5, 5.41) is 7.13. The average Bonchev–Trinajstić information content (AvgIpc) is 2.66. The van der Waals surface area contributed by atoms with Crippen molar-refractivity contribution in [1.29, 1.82) is 0 Å². The number of nitrogens with one attached hydrogen (secondary N) is 2. The lowest BCUT2D eigenvalue weighted by Gasteiger charge is -2.14. The maximum Gasteiger partial charge on any atom is 0.0211 e. The molecule has 0 aliphatic heterocycles. The zero-order valence-corrected chi connectivity index (χ0v) is 15.8. The summed E-state index contributed by atoms with van der Waals surface area (Å²) >= 11 is 0. The second kappa shape index (κ2) is 9.33. The second-order valence-electron chi connectivity index (χ2n) is 6.88. The molecular formula is C24H28N2. The minimum Gasteiger partial charge on any atom is -0.309 e. The standard InChI is InChI=1S/C24H28N2/c1-19-13-20(2)24(18-26-16-22-11-7-4-8-12-22)14-23(19)17-25-15-21-9-5-3-6-10-21/h3-14,25-26H,15-18H2,1-2H3. The molecule has 0 saturated heterocycles. The van der Waals surface area contributed by atoms with Gasteiger partial charge in [0, 0.05) is 26.2 Å². The van der Waals surface area contributed by atoms with Gasteiger partial charge < -0.3 is 10.6 Å². The molecule has 0 aromatic heterocycles. The molecule has 3 rings (SSSR count). The third-order valence-corrected chi connectivity index (χ3v) is 4.77. The van der Waals surface area contributed by atoms with Gasteiger partial charge in [0.2, 0.25) is 0 Å². The molecule has 3 aromatic rings. The van der Waals surface area contributed by atoms with Crippen LogP contribution >= 0.6 is 0 Å². The monoisotopic (exact) mass is 344 g/mol. The molecule has 0 atom stereocenters. The summed E-state index contributed by atoms with van der Waals surface area (Å²) in [5.74, 6) is 0. The van der Waals surface area contributed by atoms with Crippen molar-refractivity contribution < 1.29 is 0 Å². The first-order chi connectivity index (χ1) is 12.7. The van der Waals surface area contributed by atoms with E-state index in [2.05, 4.69) is 97.3 Å². The molecule has 3 aromatic carbocycles. The number of hydrogen-bond acceptors (Lipinski definition) is 2. The third-order valence-electron chi connectivity index (χ3n) is 4.77. The van der Waals surface area contributed by atoms with E-state index in [4.69, 9.17) is 0 Å². The molecule has 0 bridgehead atoms. The van der Waals surface area contributed by atoms with Crippen LogP contribution in [0.15, 0.2) is 72.8 Å². The molecule has 0 aliphatic rings. The number of benzene rings is 3. The van der Waals surface area contributed by atoms with Gasteiger partial charge in [0.25, 0.3) is 0 Å². The van der Waals surface area contributed by atoms with Gasteiger partial charge in [0.1, 0.15) is 0 Å². The second-order valence-corrected chi connectivity index (χ2v) is 6.88. The van der Waals surface area contributed by atoms with Gasteiger partial charge in [-0.15, -0.1) is 0 Å². The van der Waals surface area contributed by atoms with Crippen LogP contribution in [0.25, 0.3) is 0 Å². The summed E-state index contributed by atoms with van der Waals surface area (Å²) < 4.78 is 0. The predicted molar refractivity (Wildman–Crippen MR) is 110 cm³/mol. The van der Waals surface area contributed by atoms with Gasteiger partial charge in [-0.25, -0.2) is 0 Å². The Morgan fingerprint density at radius 1 is 0.538 bits per heavy atom. The fourth-order valence-corrected chi connectivity index (χ4v) is 3.20. The van der Waals surface area contributed by atoms with Crippen molar-refractivity contribution in [2.24, 2.45) is 0 Å². The lowest BCUT2D eigenvalue weighted by molar-refractivity contribution is 0.677. The van der Waals surface area contributed by atoms with Gasteiger partial charge in [-0.3, -0.25) is 0 Å². The average molecular weight is 345 g/mol. The van der Waals surface area contributed by atoms with E-state index in [-0.39, 0.29) is 0 Å². The summed E-state index contributed by atoms with van der Waals surface area (Å²) in [4.78, 5) is 0. The fraction of sp³-hybridized carbons (Fsp3) is 0.250. The number of rotatable bonds is 8. The Morgan fingerprint density at radius 3 is 1.38 bits per heavy atom. The Kier molecular flexibility index (Phi) is 6.59. The Bertz CT molecular complexity index is 744. The van der Waals surface area contributed by atoms with Crippen LogP contribution in [0.1, 0.15) is 33.4 Å². The molecule has 0 amide bonds. The molecule has 2 N–H and O–H groups in total. The molecule has 2 nitrogen and oxygen atoms in total. The third kappa shape index (κ3) is 5.29. The van der Waals surface area contributed by atoms with Crippen molar-refractivity contribution in [3.05, 3.63) is 106 Å². The molecule has 134 valence electrons. The normalized spacial score (nSPS) is 10.8. The van der Waals surface area contributed by atoms with E-state index in [1.165, 1.54) is 33.4 Å². The van der Waals surface area contributed by atoms with E-state index < -0.39 is 0 Å². The highest BCUT2D eigenvalue weighted by Crippen LogP contribution is 2.16. The van der Waals surface area contributed by atoms with E-state index in [0.29, 0.717) is 0 Å². The lowest BCUT2D eigenvalue weighted by Crippen LogP contribution is -2.16. The highest BCUT2D eigenvalue weighted by atomic mass is 14.9. The van der Waals surface area contributed by atoms with Crippen LogP contribution in [0.3, 0.4) is 0 Å². The summed E-state index contributed by atoms with van der Waals surface area (Å²) in [7, 11) is 0. The summed E-state index contributed by atoms with van der Waals surface area (Å²) in [5.41, 5.74) is 8.11. The van der Waals surface area contributed by atoms with E-state index in [0.717, 1.165) is 26.2 Å². The van der Waals surface area contributed by atoms with Crippen LogP contribution in [-0.2, 0) is 26.2 Å². The minimum atomic E-state index is 0.896. The Morgan fingerprint density at radius 2 is 0.962 bits per heavy atom. The first-order valence-electron chi connectivity index (χ1n) is 9.30. The van der Waals surface area contributed by atoms with Gasteiger partial charge >= 0.3 is 0 Å². The Balaban J connectivity index is 1.57. The number of aryl methyl sites for hydroxylation is 2. The van der Waals surface area contributed by atoms with Crippen LogP contribution in [0, 0.1) is 13.8 Å². The first kappa shape index (κ1) is 18.4. The molecule has 0 aliphatic carbocycles. The Labute approximate surface area is 157 Å². The molecule has 0 radical (unpaired) electrons. The molecule has 26 heavy (non-hydrogen) atoms. The molecule has 0 saturated carbocycles. The fourth-order valence-electron chi connectivity index (χ4n) is 3.20. The van der Waals surface area contributed by atoms with Gasteiger partial charge in [0.05, 0.1) is 0 Å². The lowest BCUT2D eigenvalue weighted by atomic mass is 9.99. The maximum absolute atomic E-state index is 3.57. The van der Waals surface area contributed by atoms with Crippen LogP contribution < -0.4 is 10.6 Å². The number of hydrogen-bond donors (Lipinski definition) is 2. The van der Waals surface area contributed by atoms with Gasteiger partial charge in [-0.2, -0.15) is 0 Å². The van der Waals surface area contributed by atoms with E-state index in [1.54, 1.807) is 0 Å². The SMILES string of the molecule is Cc1cc(C)c(CNCc2ccccc2)cc1CNCc1ccccc1. The largest absolute Gasteiger partial charge is 0.309 e. The van der Waals surface area contributed by atoms with Crippen molar-refractivity contribution in [1.82, 2.24) is 10.6 Å².